The van der Waals surface area contributed by atoms with Crippen molar-refractivity contribution in [2.45, 2.75) is 96.8 Å². The molecule has 5 nitrogen and oxygen atoms in total. The van der Waals surface area contributed by atoms with E-state index in [2.05, 4.69) is 13.5 Å². The van der Waals surface area contributed by atoms with Crippen molar-refractivity contribution >= 4 is 5.97 Å². The first-order valence-electron chi connectivity index (χ1n) is 10.6. The number of rotatable bonds is 17. The lowest BCUT2D eigenvalue weighted by molar-refractivity contribution is -0.138. The van der Waals surface area contributed by atoms with Crippen molar-refractivity contribution in [2.75, 3.05) is 19.8 Å². The van der Waals surface area contributed by atoms with Gasteiger partial charge >= 0.3 is 5.97 Å². The van der Waals surface area contributed by atoms with E-state index in [-0.39, 0.29) is 18.8 Å². The summed E-state index contributed by atoms with van der Waals surface area (Å²) >= 11 is 0. The number of hydrogen-bond acceptors (Lipinski definition) is 5. The largest absolute Gasteiger partial charge is 0.462 e. The second-order valence-corrected chi connectivity index (χ2v) is 6.77. The third-order valence-electron chi connectivity index (χ3n) is 4.21. The van der Waals surface area contributed by atoms with Gasteiger partial charge < -0.3 is 14.9 Å². The molecule has 0 aliphatic rings. The van der Waals surface area contributed by atoms with Crippen LogP contribution in [0.25, 0.3) is 0 Å². The lowest BCUT2D eigenvalue weighted by Crippen LogP contribution is -2.06. The van der Waals surface area contributed by atoms with Crippen LogP contribution in [0, 0.1) is 11.3 Å². The third-order valence-corrected chi connectivity index (χ3v) is 4.21. The van der Waals surface area contributed by atoms with Crippen molar-refractivity contribution in [3.63, 3.8) is 0 Å². The van der Waals surface area contributed by atoms with Gasteiger partial charge in [-0.3, -0.25) is 0 Å². The molecule has 0 spiro atoms. The van der Waals surface area contributed by atoms with E-state index in [1.54, 1.807) is 6.07 Å². The molecule has 5 heteroatoms. The maximum Gasteiger partial charge on any atom is 0.348 e. The molecule has 0 saturated heterocycles. The number of aliphatic hydroxyl groups excluding tert-OH is 2. The average Bonchev–Trinajstić information content (AvgIpc) is 2.70. The fourth-order valence-electron chi connectivity index (χ4n) is 2.59. The molecule has 0 saturated carbocycles. The molecule has 0 aliphatic carbocycles. The Morgan fingerprint density at radius 2 is 1.19 bits per heavy atom. The molecule has 0 bridgehead atoms. The Kier molecular flexibility index (Phi) is 25.4. The van der Waals surface area contributed by atoms with Gasteiger partial charge in [-0.15, -0.1) is 0 Å². The molecule has 2 N–H and O–H groups in total. The highest BCUT2D eigenvalue weighted by molar-refractivity contribution is 5.91. The van der Waals surface area contributed by atoms with Crippen LogP contribution in [0.5, 0.6) is 0 Å². The second kappa shape index (κ2) is 24.6. The molecule has 0 aliphatic heterocycles. The zero-order valence-corrected chi connectivity index (χ0v) is 17.4. The van der Waals surface area contributed by atoms with Crippen molar-refractivity contribution in [3.05, 3.63) is 12.2 Å². The maximum absolute atomic E-state index is 11.2. The quantitative estimate of drug-likeness (QED) is 0.158. The standard InChI is InChI=1S/C20H35NO2.C2H6O2/c1-3-4-5-6-7-8-9-10-11-12-13-14-15-16-17-23-20(22)19(2)18-21;3-1-2-4/h2-17H2,1H3;3-4H,1-2H2. The van der Waals surface area contributed by atoms with Crippen molar-refractivity contribution in [3.8, 4) is 6.07 Å². The van der Waals surface area contributed by atoms with E-state index in [0.717, 1.165) is 12.8 Å². The van der Waals surface area contributed by atoms with E-state index in [1.807, 2.05) is 0 Å². The minimum Gasteiger partial charge on any atom is -0.462 e. The zero-order valence-electron chi connectivity index (χ0n) is 17.4. The molecule has 0 radical (unpaired) electrons. The molecule has 158 valence electrons. The van der Waals surface area contributed by atoms with Crippen LogP contribution in [-0.4, -0.2) is 36.0 Å². The SMILES string of the molecule is C=C(C#N)C(=O)OCCCCCCCCCCCCCCCC.OCCO. The van der Waals surface area contributed by atoms with E-state index in [1.165, 1.54) is 77.0 Å². The molecule has 0 rings (SSSR count). The van der Waals surface area contributed by atoms with Gasteiger partial charge in [0, 0.05) is 0 Å². The molecule has 0 unspecified atom stereocenters. The summed E-state index contributed by atoms with van der Waals surface area (Å²) in [6.07, 6.45) is 18.3. The molecule has 0 amide bonds. The van der Waals surface area contributed by atoms with Gasteiger partial charge in [0.15, 0.2) is 0 Å². The van der Waals surface area contributed by atoms with Gasteiger partial charge in [0.25, 0.3) is 0 Å². The van der Waals surface area contributed by atoms with Crippen LogP contribution in [0.1, 0.15) is 96.8 Å². The van der Waals surface area contributed by atoms with Crippen LogP contribution >= 0.6 is 0 Å². The van der Waals surface area contributed by atoms with Crippen molar-refractivity contribution in [1.29, 1.82) is 5.26 Å². The van der Waals surface area contributed by atoms with Crippen LogP contribution < -0.4 is 0 Å². The fourth-order valence-corrected chi connectivity index (χ4v) is 2.59. The summed E-state index contributed by atoms with van der Waals surface area (Å²) in [7, 11) is 0. The molecule has 0 aromatic heterocycles. The van der Waals surface area contributed by atoms with Gasteiger partial charge in [-0.05, 0) is 6.42 Å². The minimum atomic E-state index is -0.581. The summed E-state index contributed by atoms with van der Waals surface area (Å²) in [5.41, 5.74) is -0.115. The number of nitriles is 1. The summed E-state index contributed by atoms with van der Waals surface area (Å²) in [4.78, 5) is 11.2. The van der Waals surface area contributed by atoms with E-state index < -0.39 is 5.97 Å². The minimum absolute atomic E-state index is 0.115. The number of nitrogens with zero attached hydrogens (tertiary/aromatic N) is 1. The molecule has 0 heterocycles. The number of aliphatic hydroxyl groups is 2. The number of esters is 1. The van der Waals surface area contributed by atoms with Gasteiger partial charge in [0.2, 0.25) is 0 Å². The Bertz CT molecular complexity index is 375. The van der Waals surface area contributed by atoms with Gasteiger partial charge in [-0.1, -0.05) is 97.0 Å². The molecule has 0 aromatic carbocycles. The number of carbonyl (C=O) groups excluding carboxylic acids is 1. The summed E-state index contributed by atoms with van der Waals surface area (Å²) in [5, 5.41) is 23.7. The smallest absolute Gasteiger partial charge is 0.348 e. The van der Waals surface area contributed by atoms with E-state index in [0.29, 0.717) is 6.61 Å². The summed E-state index contributed by atoms with van der Waals surface area (Å²) in [5.74, 6) is -0.581. The number of carbonyl (C=O) groups is 1. The lowest BCUT2D eigenvalue weighted by Gasteiger charge is -2.04. The first kappa shape index (κ1) is 27.8. The number of hydrogen-bond donors (Lipinski definition) is 2. The Balaban J connectivity index is 0. The molecule has 0 atom stereocenters. The van der Waals surface area contributed by atoms with Crippen molar-refractivity contribution in [1.82, 2.24) is 0 Å². The predicted octanol–water partition coefficient (Wildman–Crippen LogP) is 5.06. The van der Waals surface area contributed by atoms with Gasteiger partial charge in [-0.25, -0.2) is 4.79 Å². The number of unbranched alkanes of at least 4 members (excludes halogenated alkanes) is 13. The summed E-state index contributed by atoms with van der Waals surface area (Å²) in [6.45, 7) is 5.74. The van der Waals surface area contributed by atoms with Crippen LogP contribution in [0.15, 0.2) is 12.2 Å². The molecular weight excluding hydrogens is 342 g/mol. The molecular formula is C22H41NO4. The van der Waals surface area contributed by atoms with Gasteiger partial charge in [0.05, 0.1) is 19.8 Å². The molecule has 0 fully saturated rings. The highest BCUT2D eigenvalue weighted by Crippen LogP contribution is 2.13. The maximum atomic E-state index is 11.2. The van der Waals surface area contributed by atoms with E-state index in [4.69, 9.17) is 20.2 Å². The van der Waals surface area contributed by atoms with Crippen molar-refractivity contribution < 1.29 is 19.7 Å². The lowest BCUT2D eigenvalue weighted by atomic mass is 10.0. The van der Waals surface area contributed by atoms with E-state index >= 15 is 0 Å². The monoisotopic (exact) mass is 383 g/mol. The zero-order chi connectivity index (χ0) is 20.6. The van der Waals surface area contributed by atoms with Crippen LogP contribution in [-0.2, 0) is 9.53 Å². The first-order chi connectivity index (χ1) is 13.1. The first-order valence-corrected chi connectivity index (χ1v) is 10.6. The average molecular weight is 384 g/mol. The van der Waals surface area contributed by atoms with Crippen molar-refractivity contribution in [2.24, 2.45) is 0 Å². The summed E-state index contributed by atoms with van der Waals surface area (Å²) in [6, 6.07) is 1.70. The Hall–Kier alpha value is -1.38. The Morgan fingerprint density at radius 1 is 0.815 bits per heavy atom. The van der Waals surface area contributed by atoms with E-state index in [9.17, 15) is 4.79 Å². The fraction of sp³-hybridized carbons (Fsp3) is 0.818. The third kappa shape index (κ3) is 24.6. The molecule has 27 heavy (non-hydrogen) atoms. The van der Waals surface area contributed by atoms with Crippen LogP contribution in [0.2, 0.25) is 0 Å². The van der Waals surface area contributed by atoms with Gasteiger partial charge in [-0.2, -0.15) is 5.26 Å². The predicted molar refractivity (Wildman–Crippen MR) is 110 cm³/mol. The summed E-state index contributed by atoms with van der Waals surface area (Å²) < 4.78 is 4.94. The highest BCUT2D eigenvalue weighted by atomic mass is 16.5. The second-order valence-electron chi connectivity index (χ2n) is 6.77. The molecule has 0 aromatic rings. The Labute approximate surface area is 166 Å². The topological polar surface area (TPSA) is 90.6 Å². The normalized spacial score (nSPS) is 9.85. The van der Waals surface area contributed by atoms with Crippen LogP contribution in [0.3, 0.4) is 0 Å². The number of ether oxygens (including phenoxy) is 1. The van der Waals surface area contributed by atoms with Gasteiger partial charge in [0.1, 0.15) is 11.6 Å². The highest BCUT2D eigenvalue weighted by Gasteiger charge is 2.06. The van der Waals surface area contributed by atoms with Crippen LogP contribution in [0.4, 0.5) is 0 Å². The Morgan fingerprint density at radius 3 is 1.52 bits per heavy atom.